The minimum absolute atomic E-state index is 0.368. The summed E-state index contributed by atoms with van der Waals surface area (Å²) in [5.41, 5.74) is 1.19. The molecule has 0 spiro atoms. The number of benzene rings is 1. The van der Waals surface area contributed by atoms with E-state index in [9.17, 15) is 4.39 Å². The van der Waals surface area contributed by atoms with Crippen molar-refractivity contribution in [1.29, 1.82) is 5.26 Å². The third kappa shape index (κ3) is 1.64. The summed E-state index contributed by atoms with van der Waals surface area (Å²) >= 11 is 3.12. The van der Waals surface area contributed by atoms with Gasteiger partial charge in [0, 0.05) is 0 Å². The van der Waals surface area contributed by atoms with Gasteiger partial charge in [0.1, 0.15) is 5.82 Å². The molecule has 0 fully saturated rings. The van der Waals surface area contributed by atoms with Crippen molar-refractivity contribution in [1.82, 2.24) is 0 Å². The van der Waals surface area contributed by atoms with Crippen LogP contribution in [0.4, 0.5) is 4.39 Å². The van der Waals surface area contributed by atoms with Gasteiger partial charge in [0.25, 0.3) is 0 Å². The van der Waals surface area contributed by atoms with Gasteiger partial charge in [-0.2, -0.15) is 5.26 Å². The summed E-state index contributed by atoms with van der Waals surface area (Å²) in [4.78, 5) is 0. The second kappa shape index (κ2) is 3.68. The summed E-state index contributed by atoms with van der Waals surface area (Å²) in [6.45, 7) is 1.92. The third-order valence-electron chi connectivity index (χ3n) is 1.61. The number of nitriles is 1. The zero-order valence-electron chi connectivity index (χ0n) is 6.56. The van der Waals surface area contributed by atoms with E-state index in [0.29, 0.717) is 16.5 Å². The standard InChI is InChI=1S/C9H7BrFN/c1-2-7-3-6(5-12)4-8(11)9(7)10/h3-4H,2H2,1H3. The molecule has 0 unspecified atom stereocenters. The minimum Gasteiger partial charge on any atom is -0.206 e. The zero-order valence-corrected chi connectivity index (χ0v) is 8.15. The zero-order chi connectivity index (χ0) is 9.14. The molecule has 0 atom stereocenters. The molecule has 0 N–H and O–H groups in total. The van der Waals surface area contributed by atoms with E-state index >= 15 is 0 Å². The van der Waals surface area contributed by atoms with Gasteiger partial charge in [0.15, 0.2) is 0 Å². The van der Waals surface area contributed by atoms with Crippen LogP contribution in [0.3, 0.4) is 0 Å². The molecule has 0 amide bonds. The first kappa shape index (κ1) is 9.21. The molecule has 1 aromatic rings. The lowest BCUT2D eigenvalue weighted by molar-refractivity contribution is 0.618. The molecular weight excluding hydrogens is 221 g/mol. The van der Waals surface area contributed by atoms with E-state index in [1.165, 1.54) is 6.07 Å². The van der Waals surface area contributed by atoms with Gasteiger partial charge >= 0.3 is 0 Å². The number of hydrogen-bond acceptors (Lipinski definition) is 1. The topological polar surface area (TPSA) is 23.8 Å². The molecule has 0 bridgehead atoms. The molecule has 0 heterocycles. The van der Waals surface area contributed by atoms with Gasteiger partial charge in [-0.1, -0.05) is 6.92 Å². The molecule has 62 valence electrons. The van der Waals surface area contributed by atoms with Gasteiger partial charge in [-0.05, 0) is 40.0 Å². The molecule has 0 aromatic heterocycles. The Kier molecular flexibility index (Phi) is 2.83. The lowest BCUT2D eigenvalue weighted by atomic mass is 10.1. The van der Waals surface area contributed by atoms with Gasteiger partial charge in [-0.15, -0.1) is 0 Å². The van der Waals surface area contributed by atoms with Gasteiger partial charge in [-0.25, -0.2) is 4.39 Å². The maximum Gasteiger partial charge on any atom is 0.138 e. The highest BCUT2D eigenvalue weighted by Gasteiger charge is 2.06. The van der Waals surface area contributed by atoms with Crippen LogP contribution in [-0.2, 0) is 6.42 Å². The summed E-state index contributed by atoms with van der Waals surface area (Å²) in [6, 6.07) is 4.82. The second-order valence-corrected chi connectivity index (χ2v) is 3.19. The van der Waals surface area contributed by atoms with Crippen molar-refractivity contribution in [3.8, 4) is 6.07 Å². The number of halogens is 2. The predicted octanol–water partition coefficient (Wildman–Crippen LogP) is 3.02. The first-order chi connectivity index (χ1) is 5.69. The largest absolute Gasteiger partial charge is 0.206 e. The fourth-order valence-electron chi connectivity index (χ4n) is 0.968. The van der Waals surface area contributed by atoms with E-state index in [-0.39, 0.29) is 5.82 Å². The van der Waals surface area contributed by atoms with E-state index in [1.807, 2.05) is 13.0 Å². The molecular formula is C9H7BrFN. The van der Waals surface area contributed by atoms with Crippen molar-refractivity contribution in [2.75, 3.05) is 0 Å². The molecule has 0 aliphatic rings. The fraction of sp³-hybridized carbons (Fsp3) is 0.222. The van der Waals surface area contributed by atoms with Crippen LogP contribution in [0.1, 0.15) is 18.1 Å². The van der Waals surface area contributed by atoms with Crippen LogP contribution in [0.15, 0.2) is 16.6 Å². The summed E-state index contributed by atoms with van der Waals surface area (Å²) < 4.78 is 13.5. The first-order valence-electron chi connectivity index (χ1n) is 3.57. The summed E-state index contributed by atoms with van der Waals surface area (Å²) in [6.07, 6.45) is 0.715. The molecule has 0 aliphatic carbocycles. The Balaban J connectivity index is 3.31. The van der Waals surface area contributed by atoms with Gasteiger partial charge in [-0.3, -0.25) is 0 Å². The predicted molar refractivity (Wildman–Crippen MR) is 48.2 cm³/mol. The highest BCUT2D eigenvalue weighted by atomic mass is 79.9. The molecule has 1 aromatic carbocycles. The maximum atomic E-state index is 13.0. The molecule has 0 radical (unpaired) electrons. The molecule has 12 heavy (non-hydrogen) atoms. The quantitative estimate of drug-likeness (QED) is 0.724. The Labute approximate surface area is 79.0 Å². The van der Waals surface area contributed by atoms with Gasteiger partial charge in [0.2, 0.25) is 0 Å². The van der Waals surface area contributed by atoms with Gasteiger partial charge < -0.3 is 0 Å². The van der Waals surface area contributed by atoms with E-state index in [1.54, 1.807) is 6.07 Å². The Hall–Kier alpha value is -0.880. The third-order valence-corrected chi connectivity index (χ3v) is 2.50. The van der Waals surface area contributed by atoms with Crippen molar-refractivity contribution in [2.45, 2.75) is 13.3 Å². The van der Waals surface area contributed by atoms with E-state index in [4.69, 9.17) is 5.26 Å². The van der Waals surface area contributed by atoms with Crippen LogP contribution in [0.25, 0.3) is 0 Å². The van der Waals surface area contributed by atoms with E-state index in [2.05, 4.69) is 15.9 Å². The SMILES string of the molecule is CCc1cc(C#N)cc(F)c1Br. The summed E-state index contributed by atoms with van der Waals surface area (Å²) in [5, 5.41) is 8.54. The lowest BCUT2D eigenvalue weighted by Gasteiger charge is -2.02. The lowest BCUT2D eigenvalue weighted by Crippen LogP contribution is -1.89. The number of nitrogens with zero attached hydrogens (tertiary/aromatic N) is 1. The van der Waals surface area contributed by atoms with Gasteiger partial charge in [0.05, 0.1) is 16.1 Å². The first-order valence-corrected chi connectivity index (χ1v) is 4.36. The molecule has 0 saturated carbocycles. The highest BCUT2D eigenvalue weighted by Crippen LogP contribution is 2.22. The van der Waals surface area contributed by atoms with Crippen molar-refractivity contribution in [2.24, 2.45) is 0 Å². The van der Waals surface area contributed by atoms with Crippen LogP contribution >= 0.6 is 15.9 Å². The monoisotopic (exact) mass is 227 g/mol. The Morgan fingerprint density at radius 2 is 2.25 bits per heavy atom. The summed E-state index contributed by atoms with van der Waals surface area (Å²) in [5.74, 6) is -0.370. The maximum absolute atomic E-state index is 13.0. The van der Waals surface area contributed by atoms with Crippen molar-refractivity contribution >= 4 is 15.9 Å². The molecule has 0 saturated heterocycles. The fourth-order valence-corrected chi connectivity index (χ4v) is 1.48. The van der Waals surface area contributed by atoms with Crippen LogP contribution < -0.4 is 0 Å². The Morgan fingerprint density at radius 1 is 1.58 bits per heavy atom. The van der Waals surface area contributed by atoms with Crippen LogP contribution in [0.5, 0.6) is 0 Å². The molecule has 0 aliphatic heterocycles. The molecule has 3 heteroatoms. The van der Waals surface area contributed by atoms with E-state index < -0.39 is 0 Å². The normalized spacial score (nSPS) is 9.50. The van der Waals surface area contributed by atoms with Crippen molar-refractivity contribution in [3.63, 3.8) is 0 Å². The van der Waals surface area contributed by atoms with Crippen LogP contribution in [0, 0.1) is 17.1 Å². The van der Waals surface area contributed by atoms with Crippen LogP contribution in [-0.4, -0.2) is 0 Å². The summed E-state index contributed by atoms with van der Waals surface area (Å²) in [7, 11) is 0. The Bertz CT molecular complexity index is 341. The van der Waals surface area contributed by atoms with Crippen molar-refractivity contribution in [3.05, 3.63) is 33.5 Å². The average Bonchev–Trinajstić information content (AvgIpc) is 2.09. The molecule has 1 nitrogen and oxygen atoms in total. The average molecular weight is 228 g/mol. The smallest absolute Gasteiger partial charge is 0.138 e. The van der Waals surface area contributed by atoms with Crippen LogP contribution in [0.2, 0.25) is 0 Å². The van der Waals surface area contributed by atoms with Crippen molar-refractivity contribution < 1.29 is 4.39 Å². The minimum atomic E-state index is -0.370. The number of aryl methyl sites for hydroxylation is 1. The number of hydrogen-bond donors (Lipinski definition) is 0. The second-order valence-electron chi connectivity index (χ2n) is 2.40. The highest BCUT2D eigenvalue weighted by molar-refractivity contribution is 9.10. The number of rotatable bonds is 1. The molecule has 1 rings (SSSR count). The van der Waals surface area contributed by atoms with E-state index in [0.717, 1.165) is 5.56 Å². The Morgan fingerprint density at radius 3 is 2.75 bits per heavy atom.